The highest BCUT2D eigenvalue weighted by Crippen LogP contribution is 2.56. The van der Waals surface area contributed by atoms with Crippen LogP contribution in [0.15, 0.2) is 84.9 Å². The lowest BCUT2D eigenvalue weighted by Gasteiger charge is -2.45. The van der Waals surface area contributed by atoms with Gasteiger partial charge in [0.25, 0.3) is 0 Å². The summed E-state index contributed by atoms with van der Waals surface area (Å²) < 4.78 is 12.8. The summed E-state index contributed by atoms with van der Waals surface area (Å²) in [5, 5.41) is 0. The molecule has 4 nitrogen and oxygen atoms in total. The standard InChI is InChI=1S/C48H58O4/c1-5-7-9-11-13-19-35-23-27-37(28-24-35)47(49)51-42-31-39-32-43(52-48(50)38-29-25-36(26-30-38)20-14-12-10-8-6-2)41-22-16-18-34(4)45(41)46(39)44-33(3)17-15-21-40(42)44/h15-18,21-30,39,42-43,46H,5-14,19-20,31-32H2,1-4H3/t39?,42-,43-,46?/m1/s1. The van der Waals surface area contributed by atoms with Crippen molar-refractivity contribution in [3.63, 3.8) is 0 Å². The van der Waals surface area contributed by atoms with Gasteiger partial charge in [0.05, 0.1) is 11.1 Å². The van der Waals surface area contributed by atoms with Crippen LogP contribution in [0.25, 0.3) is 0 Å². The highest BCUT2D eigenvalue weighted by Gasteiger charge is 2.45. The number of carbonyl (C=O) groups excluding carboxylic acids is 2. The van der Waals surface area contributed by atoms with Gasteiger partial charge in [0.2, 0.25) is 0 Å². The molecule has 0 amide bonds. The van der Waals surface area contributed by atoms with Gasteiger partial charge in [-0.3, -0.25) is 0 Å². The normalized spacial score (nSPS) is 18.9. The molecule has 2 aliphatic carbocycles. The second-order valence-electron chi connectivity index (χ2n) is 15.4. The third-order valence-electron chi connectivity index (χ3n) is 11.6. The molecule has 2 aliphatic rings. The summed E-state index contributed by atoms with van der Waals surface area (Å²) in [5.41, 5.74) is 10.8. The van der Waals surface area contributed by atoms with E-state index in [4.69, 9.17) is 9.47 Å². The van der Waals surface area contributed by atoms with Gasteiger partial charge in [-0.15, -0.1) is 0 Å². The predicted molar refractivity (Wildman–Crippen MR) is 211 cm³/mol. The fraction of sp³-hybridized carbons (Fsp3) is 0.458. The highest BCUT2D eigenvalue weighted by molar-refractivity contribution is 5.90. The van der Waals surface area contributed by atoms with E-state index in [1.54, 1.807) is 0 Å². The van der Waals surface area contributed by atoms with Crippen LogP contribution < -0.4 is 0 Å². The molecule has 274 valence electrons. The van der Waals surface area contributed by atoms with Crippen molar-refractivity contribution in [2.45, 2.75) is 136 Å². The van der Waals surface area contributed by atoms with E-state index in [1.807, 2.05) is 24.3 Å². The molecule has 4 aromatic rings. The first-order chi connectivity index (χ1) is 25.4. The summed E-state index contributed by atoms with van der Waals surface area (Å²) in [6.45, 7) is 8.81. The monoisotopic (exact) mass is 698 g/mol. The van der Waals surface area contributed by atoms with Gasteiger partial charge in [0.15, 0.2) is 0 Å². The van der Waals surface area contributed by atoms with Gasteiger partial charge in [0.1, 0.15) is 12.2 Å². The molecule has 0 unspecified atom stereocenters. The van der Waals surface area contributed by atoms with Crippen LogP contribution in [0.5, 0.6) is 0 Å². The van der Waals surface area contributed by atoms with Crippen molar-refractivity contribution in [2.75, 3.05) is 0 Å². The molecule has 0 saturated carbocycles. The Morgan fingerprint density at radius 1 is 0.538 bits per heavy atom. The van der Waals surface area contributed by atoms with E-state index in [9.17, 15) is 9.59 Å². The van der Waals surface area contributed by atoms with Gasteiger partial charge in [-0.05, 0) is 127 Å². The molecule has 0 fully saturated rings. The molecule has 2 atom stereocenters. The Balaban J connectivity index is 1.19. The van der Waals surface area contributed by atoms with Crippen LogP contribution in [-0.4, -0.2) is 11.9 Å². The molecule has 0 radical (unpaired) electrons. The molecule has 0 bridgehead atoms. The summed E-state index contributed by atoms with van der Waals surface area (Å²) in [7, 11) is 0. The molecule has 0 spiro atoms. The second kappa shape index (κ2) is 18.0. The second-order valence-corrected chi connectivity index (χ2v) is 15.4. The summed E-state index contributed by atoms with van der Waals surface area (Å²) in [6.07, 6.45) is 15.2. The van der Waals surface area contributed by atoms with Crippen LogP contribution in [0.3, 0.4) is 0 Å². The van der Waals surface area contributed by atoms with Crippen molar-refractivity contribution in [1.82, 2.24) is 0 Å². The number of hydrogen-bond donors (Lipinski definition) is 0. The maximum atomic E-state index is 13.7. The van der Waals surface area contributed by atoms with Crippen molar-refractivity contribution in [3.8, 4) is 0 Å². The smallest absolute Gasteiger partial charge is 0.338 e. The molecule has 0 N–H and O–H groups in total. The molecule has 0 heterocycles. The minimum absolute atomic E-state index is 0.142. The Labute approximate surface area is 312 Å². The number of hydrogen-bond acceptors (Lipinski definition) is 4. The van der Waals surface area contributed by atoms with Crippen molar-refractivity contribution in [1.29, 1.82) is 0 Å². The first-order valence-corrected chi connectivity index (χ1v) is 20.2. The van der Waals surface area contributed by atoms with Gasteiger partial charge in [0, 0.05) is 5.92 Å². The Morgan fingerprint density at radius 3 is 1.35 bits per heavy atom. The minimum atomic E-state index is -0.377. The summed E-state index contributed by atoms with van der Waals surface area (Å²) in [4.78, 5) is 27.3. The summed E-state index contributed by atoms with van der Waals surface area (Å²) in [6, 6.07) is 28.7. The van der Waals surface area contributed by atoms with Gasteiger partial charge in [-0.2, -0.15) is 0 Å². The first kappa shape index (κ1) is 37.6. The zero-order valence-electron chi connectivity index (χ0n) is 31.9. The third-order valence-corrected chi connectivity index (χ3v) is 11.6. The molecule has 6 rings (SSSR count). The van der Waals surface area contributed by atoms with E-state index in [2.05, 4.69) is 88.4 Å². The Hall–Kier alpha value is -4.18. The Bertz CT molecular complexity index is 1660. The largest absolute Gasteiger partial charge is 0.454 e. The molecule has 4 aromatic carbocycles. The third kappa shape index (κ3) is 8.88. The lowest BCUT2D eigenvalue weighted by atomic mass is 9.62. The van der Waals surface area contributed by atoms with E-state index in [-0.39, 0.29) is 36.0 Å². The van der Waals surface area contributed by atoms with E-state index < -0.39 is 0 Å². The molecule has 52 heavy (non-hydrogen) atoms. The fourth-order valence-electron chi connectivity index (χ4n) is 8.70. The lowest BCUT2D eigenvalue weighted by Crippen LogP contribution is -2.34. The van der Waals surface area contributed by atoms with Gasteiger partial charge >= 0.3 is 11.9 Å². The minimum Gasteiger partial charge on any atom is -0.454 e. The van der Waals surface area contributed by atoms with Crippen LogP contribution in [0.2, 0.25) is 0 Å². The lowest BCUT2D eigenvalue weighted by molar-refractivity contribution is 0.00378. The first-order valence-electron chi connectivity index (χ1n) is 20.2. The van der Waals surface area contributed by atoms with Gasteiger partial charge in [-0.25, -0.2) is 9.59 Å². The topological polar surface area (TPSA) is 52.6 Å². The molecule has 0 saturated heterocycles. The van der Waals surface area contributed by atoms with Crippen LogP contribution in [0, 0.1) is 19.8 Å². The number of aryl methyl sites for hydroxylation is 4. The van der Waals surface area contributed by atoms with Crippen molar-refractivity contribution in [3.05, 3.63) is 141 Å². The molecular formula is C48H58O4. The zero-order chi connectivity index (χ0) is 36.5. The van der Waals surface area contributed by atoms with Crippen LogP contribution in [0.4, 0.5) is 0 Å². The number of fused-ring (bicyclic) bond motifs is 5. The number of ether oxygens (including phenoxy) is 2. The Kier molecular flexibility index (Phi) is 13.0. The van der Waals surface area contributed by atoms with E-state index in [1.165, 1.54) is 97.6 Å². The van der Waals surface area contributed by atoms with Crippen molar-refractivity contribution >= 4 is 11.9 Å². The molecule has 0 aromatic heterocycles. The number of unbranched alkanes of at least 4 members (excludes halogenated alkanes) is 8. The average Bonchev–Trinajstić information content (AvgIpc) is 3.15. The van der Waals surface area contributed by atoms with E-state index >= 15 is 0 Å². The highest BCUT2D eigenvalue weighted by atomic mass is 16.5. The summed E-state index contributed by atoms with van der Waals surface area (Å²) in [5.74, 6) is -0.288. The molecular weight excluding hydrogens is 641 g/mol. The van der Waals surface area contributed by atoms with Crippen LogP contribution in [-0.2, 0) is 22.3 Å². The molecule has 4 heteroatoms. The Morgan fingerprint density at radius 2 is 0.942 bits per heavy atom. The zero-order valence-corrected chi connectivity index (χ0v) is 31.9. The van der Waals surface area contributed by atoms with E-state index in [0.29, 0.717) is 24.0 Å². The fourth-order valence-corrected chi connectivity index (χ4v) is 8.70. The SMILES string of the molecule is CCCCCCCc1ccc(C(=O)O[C@@H]2CC3C[C@@H](OC(=O)c4ccc(CCCCCCC)cc4)c4cccc(C)c4C3c3c(C)cccc32)cc1. The maximum Gasteiger partial charge on any atom is 0.338 e. The molecule has 0 aliphatic heterocycles. The van der Waals surface area contributed by atoms with Crippen LogP contribution >= 0.6 is 0 Å². The number of rotatable bonds is 16. The number of carbonyl (C=O) groups is 2. The number of benzene rings is 4. The average molecular weight is 699 g/mol. The number of esters is 2. The van der Waals surface area contributed by atoms with E-state index in [0.717, 1.165) is 24.0 Å². The maximum absolute atomic E-state index is 13.7. The summed E-state index contributed by atoms with van der Waals surface area (Å²) >= 11 is 0. The van der Waals surface area contributed by atoms with Gasteiger partial charge < -0.3 is 9.47 Å². The quantitative estimate of drug-likeness (QED) is 0.0863. The predicted octanol–water partition coefficient (Wildman–Crippen LogP) is 12.7. The van der Waals surface area contributed by atoms with Gasteiger partial charge in [-0.1, -0.05) is 126 Å². The van der Waals surface area contributed by atoms with Crippen molar-refractivity contribution in [2.24, 2.45) is 5.92 Å². The van der Waals surface area contributed by atoms with Crippen molar-refractivity contribution < 1.29 is 19.1 Å². The van der Waals surface area contributed by atoms with Crippen LogP contribution in [0.1, 0.15) is 174 Å².